The second kappa shape index (κ2) is 7.34. The Hall–Kier alpha value is -1.96. The summed E-state index contributed by atoms with van der Waals surface area (Å²) in [5.74, 6) is -0.159. The summed E-state index contributed by atoms with van der Waals surface area (Å²) in [5.41, 5.74) is 1.33. The molecule has 7 heteroatoms. The van der Waals surface area contributed by atoms with E-state index < -0.39 is 27.4 Å². The Morgan fingerprint density at radius 2 is 1.85 bits per heavy atom. The van der Waals surface area contributed by atoms with Crippen LogP contribution in [-0.4, -0.2) is 38.7 Å². The highest BCUT2D eigenvalue weighted by atomic mass is 32.2. The molecule has 140 valence electrons. The van der Waals surface area contributed by atoms with Gasteiger partial charge in [0.05, 0.1) is 6.04 Å². The molecular formula is C19H22FNO4S. The lowest BCUT2D eigenvalue weighted by atomic mass is 9.97. The topological polar surface area (TPSA) is 75.6 Å². The lowest BCUT2D eigenvalue weighted by Gasteiger charge is -2.35. The van der Waals surface area contributed by atoms with E-state index >= 15 is 0 Å². The fraction of sp³-hybridized carbons (Fsp3) is 0.368. The van der Waals surface area contributed by atoms with Gasteiger partial charge in [-0.05, 0) is 23.8 Å². The van der Waals surface area contributed by atoms with Crippen molar-refractivity contribution in [2.24, 2.45) is 0 Å². The number of aliphatic hydroxyl groups is 1. The Labute approximate surface area is 152 Å². The normalized spacial score (nSPS) is 22.2. The molecule has 26 heavy (non-hydrogen) atoms. The number of sulfone groups is 1. The van der Waals surface area contributed by atoms with Crippen LogP contribution in [0.4, 0.5) is 4.39 Å². The predicted molar refractivity (Wildman–Crippen MR) is 97.3 cm³/mol. The zero-order chi connectivity index (χ0) is 18.9. The van der Waals surface area contributed by atoms with Gasteiger partial charge in [-0.3, -0.25) is 5.32 Å². The quantitative estimate of drug-likeness (QED) is 0.780. The van der Waals surface area contributed by atoms with Crippen molar-refractivity contribution >= 4 is 9.84 Å². The monoisotopic (exact) mass is 379 g/mol. The lowest BCUT2D eigenvalue weighted by molar-refractivity contribution is 0.0819. The second-order valence-corrected chi connectivity index (χ2v) is 8.82. The van der Waals surface area contributed by atoms with E-state index in [1.165, 1.54) is 18.4 Å². The van der Waals surface area contributed by atoms with Crippen LogP contribution in [0.2, 0.25) is 0 Å². The lowest BCUT2D eigenvalue weighted by Crippen LogP contribution is -2.50. The van der Waals surface area contributed by atoms with Crippen LogP contribution in [0.5, 0.6) is 5.75 Å². The highest BCUT2D eigenvalue weighted by Crippen LogP contribution is 2.37. The molecule has 2 aromatic carbocycles. The Kier molecular flexibility index (Phi) is 5.32. The molecule has 0 saturated carbocycles. The molecule has 0 aromatic heterocycles. The van der Waals surface area contributed by atoms with Crippen molar-refractivity contribution in [3.63, 3.8) is 0 Å². The summed E-state index contributed by atoms with van der Waals surface area (Å²) >= 11 is 0. The number of rotatable bonds is 5. The second-order valence-electron chi connectivity index (χ2n) is 6.66. The van der Waals surface area contributed by atoms with Gasteiger partial charge < -0.3 is 9.84 Å². The van der Waals surface area contributed by atoms with E-state index in [0.717, 1.165) is 5.56 Å². The van der Waals surface area contributed by atoms with Crippen LogP contribution in [0.25, 0.3) is 0 Å². The highest BCUT2D eigenvalue weighted by molar-refractivity contribution is 7.91. The van der Waals surface area contributed by atoms with Gasteiger partial charge in [-0.1, -0.05) is 37.3 Å². The van der Waals surface area contributed by atoms with E-state index in [2.05, 4.69) is 5.32 Å². The molecule has 3 rings (SSSR count). The molecule has 0 radical (unpaired) electrons. The molecular weight excluding hydrogens is 357 g/mol. The first-order chi connectivity index (χ1) is 12.3. The Morgan fingerprint density at radius 1 is 1.19 bits per heavy atom. The van der Waals surface area contributed by atoms with Crippen molar-refractivity contribution in [3.8, 4) is 5.75 Å². The van der Waals surface area contributed by atoms with Gasteiger partial charge in [-0.2, -0.15) is 0 Å². The molecule has 0 spiro atoms. The fourth-order valence-electron chi connectivity index (χ4n) is 3.31. The third kappa shape index (κ3) is 3.90. The third-order valence-corrected chi connectivity index (χ3v) is 6.23. The molecule has 1 aliphatic rings. The minimum absolute atomic E-state index is 0.127. The summed E-state index contributed by atoms with van der Waals surface area (Å²) in [7, 11) is -3.43. The van der Waals surface area contributed by atoms with Gasteiger partial charge in [-0.25, -0.2) is 12.8 Å². The summed E-state index contributed by atoms with van der Waals surface area (Å²) in [6, 6.07) is 12.3. The number of halogens is 1. The van der Waals surface area contributed by atoms with Crippen LogP contribution in [0.1, 0.15) is 29.2 Å². The predicted octanol–water partition coefficient (Wildman–Crippen LogP) is 2.38. The summed E-state index contributed by atoms with van der Waals surface area (Å²) < 4.78 is 43.6. The number of fused-ring (bicyclic) bond motifs is 1. The molecule has 0 aliphatic carbocycles. The molecule has 2 N–H and O–H groups in total. The maximum absolute atomic E-state index is 13.1. The largest absolute Gasteiger partial charge is 0.492 e. The van der Waals surface area contributed by atoms with E-state index in [4.69, 9.17) is 4.74 Å². The van der Waals surface area contributed by atoms with E-state index in [9.17, 15) is 17.9 Å². The number of aliphatic hydroxyl groups excluding tert-OH is 1. The van der Waals surface area contributed by atoms with Gasteiger partial charge in [0, 0.05) is 17.7 Å². The van der Waals surface area contributed by atoms with E-state index in [1.54, 1.807) is 43.3 Å². The smallest absolute Gasteiger partial charge is 0.156 e. The summed E-state index contributed by atoms with van der Waals surface area (Å²) in [6.45, 7) is 1.92. The molecule has 5 nitrogen and oxygen atoms in total. The van der Waals surface area contributed by atoms with Crippen molar-refractivity contribution in [1.82, 2.24) is 5.32 Å². The minimum Gasteiger partial charge on any atom is -0.492 e. The van der Waals surface area contributed by atoms with E-state index in [1.807, 2.05) is 0 Å². The molecule has 0 saturated heterocycles. The first-order valence-electron chi connectivity index (χ1n) is 8.37. The van der Waals surface area contributed by atoms with Gasteiger partial charge in [0.1, 0.15) is 29.7 Å². The maximum Gasteiger partial charge on any atom is 0.156 e. The molecule has 3 unspecified atom stereocenters. The van der Waals surface area contributed by atoms with E-state index in [0.29, 0.717) is 11.3 Å². The zero-order valence-electron chi connectivity index (χ0n) is 14.6. The van der Waals surface area contributed by atoms with Crippen LogP contribution in [0.3, 0.4) is 0 Å². The number of hydrogen-bond donors (Lipinski definition) is 2. The number of ether oxygens (including phenoxy) is 1. The molecule has 0 bridgehead atoms. The van der Waals surface area contributed by atoms with Gasteiger partial charge in [-0.15, -0.1) is 0 Å². The summed E-state index contributed by atoms with van der Waals surface area (Å²) in [5, 5.41) is 12.7. The number of hydrogen-bond acceptors (Lipinski definition) is 5. The first kappa shape index (κ1) is 18.8. The van der Waals surface area contributed by atoms with Gasteiger partial charge in [0.15, 0.2) is 9.84 Å². The van der Waals surface area contributed by atoms with Crippen molar-refractivity contribution < 1.29 is 22.7 Å². The first-order valence-corrected chi connectivity index (χ1v) is 10.3. The maximum atomic E-state index is 13.1. The van der Waals surface area contributed by atoms with Crippen molar-refractivity contribution in [1.29, 1.82) is 0 Å². The molecule has 0 amide bonds. The van der Waals surface area contributed by atoms with Crippen LogP contribution in [-0.2, 0) is 9.84 Å². The Balaban J connectivity index is 1.83. The fourth-order valence-corrected chi connectivity index (χ4v) is 4.72. The average molecular weight is 379 g/mol. The van der Waals surface area contributed by atoms with Crippen molar-refractivity contribution in [3.05, 3.63) is 65.5 Å². The van der Waals surface area contributed by atoms with Crippen LogP contribution in [0, 0.1) is 5.82 Å². The molecule has 4 atom stereocenters. The van der Waals surface area contributed by atoms with Crippen molar-refractivity contribution in [2.75, 3.05) is 12.9 Å². The SMILES string of the molecule is C[C@@H](c1ccc(F)cc1)C(O)NC1COc2ccccc2C1S(C)(=O)=O. The molecule has 1 aliphatic heterocycles. The number of nitrogens with one attached hydrogen (secondary N) is 1. The number of para-hydroxylation sites is 1. The average Bonchev–Trinajstić information content (AvgIpc) is 2.60. The van der Waals surface area contributed by atoms with Crippen LogP contribution in [0.15, 0.2) is 48.5 Å². The molecule has 2 aromatic rings. The molecule has 1 heterocycles. The Morgan fingerprint density at radius 3 is 2.50 bits per heavy atom. The van der Waals surface area contributed by atoms with Crippen LogP contribution < -0.4 is 10.1 Å². The standard InChI is InChI=1S/C19H22FNO4S/c1-12(13-7-9-14(20)10-8-13)19(22)21-16-11-25-17-6-4-3-5-15(17)18(16)26(2,23)24/h3-10,12,16,18-19,21-22H,11H2,1-2H3/t12-,16?,18?,19?/m0/s1. The van der Waals surface area contributed by atoms with Gasteiger partial charge in [0.25, 0.3) is 0 Å². The minimum atomic E-state index is -3.43. The number of benzene rings is 2. The molecule has 0 fully saturated rings. The van der Waals surface area contributed by atoms with E-state index in [-0.39, 0.29) is 18.3 Å². The Bertz CT molecular complexity index is 869. The highest BCUT2D eigenvalue weighted by Gasteiger charge is 2.39. The zero-order valence-corrected chi connectivity index (χ0v) is 15.4. The van der Waals surface area contributed by atoms with Gasteiger partial charge in [0.2, 0.25) is 0 Å². The van der Waals surface area contributed by atoms with Crippen molar-refractivity contribution in [2.45, 2.75) is 30.4 Å². The third-order valence-electron chi connectivity index (χ3n) is 4.72. The van der Waals surface area contributed by atoms with Gasteiger partial charge >= 0.3 is 0 Å². The van der Waals surface area contributed by atoms with Crippen LogP contribution >= 0.6 is 0 Å². The summed E-state index contributed by atoms with van der Waals surface area (Å²) in [4.78, 5) is 0. The summed E-state index contributed by atoms with van der Waals surface area (Å²) in [6.07, 6.45) is 0.174.